The fourth-order valence-electron chi connectivity index (χ4n) is 1.62. The molecule has 0 saturated carbocycles. The first-order chi connectivity index (χ1) is 10.2. The molecule has 0 radical (unpaired) electrons. The first-order valence-corrected chi connectivity index (χ1v) is 5.94. The van der Waals surface area contributed by atoms with Crippen LogP contribution in [0.5, 0.6) is 11.6 Å². The number of methoxy groups -OCH3 is 1. The quantitative estimate of drug-likeness (QED) is 0.593. The molecule has 1 rings (SSSR count). The molecular formula is C12H12F5NO4. The van der Waals surface area contributed by atoms with Gasteiger partial charge in [0.2, 0.25) is 5.88 Å². The van der Waals surface area contributed by atoms with Gasteiger partial charge in [0.15, 0.2) is 0 Å². The summed E-state index contributed by atoms with van der Waals surface area (Å²) in [5.74, 6) is -2.83. The van der Waals surface area contributed by atoms with Crippen LogP contribution in [0.15, 0.2) is 6.20 Å². The molecule has 0 N–H and O–H groups in total. The van der Waals surface area contributed by atoms with Crippen molar-refractivity contribution >= 4 is 5.97 Å². The number of pyridine rings is 1. The van der Waals surface area contributed by atoms with Crippen molar-refractivity contribution in [3.05, 3.63) is 17.3 Å². The molecule has 0 amide bonds. The lowest BCUT2D eigenvalue weighted by molar-refractivity contribution is -0.275. The maximum Gasteiger partial charge on any atom is 0.573 e. The van der Waals surface area contributed by atoms with Gasteiger partial charge >= 0.3 is 12.3 Å². The molecule has 5 nitrogen and oxygen atoms in total. The van der Waals surface area contributed by atoms with Crippen molar-refractivity contribution in [2.24, 2.45) is 0 Å². The van der Waals surface area contributed by atoms with E-state index in [9.17, 15) is 26.7 Å². The predicted molar refractivity (Wildman–Crippen MR) is 62.8 cm³/mol. The Morgan fingerprint density at radius 1 is 1.36 bits per heavy atom. The molecule has 0 bridgehead atoms. The van der Waals surface area contributed by atoms with E-state index in [1.54, 1.807) is 0 Å². The van der Waals surface area contributed by atoms with Gasteiger partial charge in [0.05, 0.1) is 20.1 Å². The van der Waals surface area contributed by atoms with Gasteiger partial charge in [0, 0.05) is 11.8 Å². The summed E-state index contributed by atoms with van der Waals surface area (Å²) in [6.45, 7) is 1.47. The predicted octanol–water partition coefficient (Wildman–Crippen LogP) is 3.03. The Bertz CT molecular complexity index is 533. The fourth-order valence-corrected chi connectivity index (χ4v) is 1.62. The second kappa shape index (κ2) is 7.23. The third-order valence-electron chi connectivity index (χ3n) is 2.37. The molecule has 0 fully saturated rings. The second-order valence-electron chi connectivity index (χ2n) is 3.87. The zero-order chi connectivity index (χ0) is 16.9. The van der Waals surface area contributed by atoms with E-state index in [1.807, 2.05) is 0 Å². The molecule has 1 heterocycles. The first-order valence-electron chi connectivity index (χ1n) is 5.94. The summed E-state index contributed by atoms with van der Waals surface area (Å²) < 4.78 is 76.1. The van der Waals surface area contributed by atoms with Crippen LogP contribution >= 0.6 is 0 Å². The first kappa shape index (κ1) is 17.9. The van der Waals surface area contributed by atoms with E-state index >= 15 is 0 Å². The number of alkyl halides is 5. The van der Waals surface area contributed by atoms with E-state index in [2.05, 4.69) is 19.2 Å². The Kier molecular flexibility index (Phi) is 5.89. The van der Waals surface area contributed by atoms with Crippen molar-refractivity contribution in [2.75, 3.05) is 13.7 Å². The SMILES string of the molecule is CCOC(=O)Cc1cnc(OC)c(C(F)F)c1OC(F)(F)F. The zero-order valence-corrected chi connectivity index (χ0v) is 11.5. The van der Waals surface area contributed by atoms with Gasteiger partial charge < -0.3 is 14.2 Å². The second-order valence-corrected chi connectivity index (χ2v) is 3.87. The fraction of sp³-hybridized carbons (Fsp3) is 0.500. The van der Waals surface area contributed by atoms with Gasteiger partial charge in [0.25, 0.3) is 6.43 Å². The van der Waals surface area contributed by atoms with Gasteiger partial charge in [-0.15, -0.1) is 13.2 Å². The van der Waals surface area contributed by atoms with Gasteiger partial charge in [-0.3, -0.25) is 4.79 Å². The molecule has 0 aliphatic carbocycles. The van der Waals surface area contributed by atoms with Crippen molar-refractivity contribution in [3.8, 4) is 11.6 Å². The van der Waals surface area contributed by atoms with E-state index < -0.39 is 47.9 Å². The Labute approximate surface area is 122 Å². The molecule has 124 valence electrons. The minimum atomic E-state index is -5.22. The van der Waals surface area contributed by atoms with Crippen LogP contribution < -0.4 is 9.47 Å². The highest BCUT2D eigenvalue weighted by Gasteiger charge is 2.36. The number of rotatable bonds is 6. The largest absolute Gasteiger partial charge is 0.573 e. The molecule has 0 aromatic carbocycles. The lowest BCUT2D eigenvalue weighted by Gasteiger charge is -2.18. The van der Waals surface area contributed by atoms with E-state index in [0.29, 0.717) is 0 Å². The number of ether oxygens (including phenoxy) is 3. The lowest BCUT2D eigenvalue weighted by Crippen LogP contribution is -2.21. The Morgan fingerprint density at radius 3 is 2.45 bits per heavy atom. The number of nitrogens with zero attached hydrogens (tertiary/aromatic N) is 1. The van der Waals surface area contributed by atoms with Gasteiger partial charge in [-0.25, -0.2) is 13.8 Å². The lowest BCUT2D eigenvalue weighted by atomic mass is 10.1. The minimum absolute atomic E-state index is 0.0143. The van der Waals surface area contributed by atoms with Gasteiger partial charge in [-0.1, -0.05) is 0 Å². The van der Waals surface area contributed by atoms with Crippen LogP contribution in [-0.4, -0.2) is 31.0 Å². The topological polar surface area (TPSA) is 57.7 Å². The molecule has 0 atom stereocenters. The molecule has 0 saturated heterocycles. The summed E-state index contributed by atoms with van der Waals surface area (Å²) >= 11 is 0. The smallest absolute Gasteiger partial charge is 0.481 e. The van der Waals surface area contributed by atoms with Crippen molar-refractivity contribution in [2.45, 2.75) is 26.1 Å². The monoisotopic (exact) mass is 329 g/mol. The molecule has 0 aliphatic rings. The maximum atomic E-state index is 13.0. The van der Waals surface area contributed by atoms with Crippen molar-refractivity contribution in [1.82, 2.24) is 4.98 Å². The van der Waals surface area contributed by atoms with Crippen LogP contribution in [0.4, 0.5) is 22.0 Å². The van der Waals surface area contributed by atoms with Gasteiger partial charge in [-0.2, -0.15) is 0 Å². The van der Waals surface area contributed by atoms with E-state index in [0.717, 1.165) is 13.3 Å². The average Bonchev–Trinajstić information content (AvgIpc) is 2.38. The number of hydrogen-bond donors (Lipinski definition) is 0. The van der Waals surface area contributed by atoms with Gasteiger partial charge in [-0.05, 0) is 6.92 Å². The number of carbonyl (C=O) groups is 1. The third kappa shape index (κ3) is 4.71. The van der Waals surface area contributed by atoms with Gasteiger partial charge in [0.1, 0.15) is 11.3 Å². The van der Waals surface area contributed by atoms with E-state index in [1.165, 1.54) is 6.92 Å². The van der Waals surface area contributed by atoms with Crippen LogP contribution in [0.3, 0.4) is 0 Å². The summed E-state index contributed by atoms with van der Waals surface area (Å²) in [5, 5.41) is 0. The highest BCUT2D eigenvalue weighted by Crippen LogP contribution is 2.40. The number of esters is 1. The van der Waals surface area contributed by atoms with Crippen molar-refractivity contribution in [3.63, 3.8) is 0 Å². The molecule has 0 spiro atoms. The number of hydrogen-bond acceptors (Lipinski definition) is 5. The maximum absolute atomic E-state index is 13.0. The van der Waals surface area contributed by atoms with Crippen LogP contribution in [0.2, 0.25) is 0 Å². The molecule has 0 unspecified atom stereocenters. The minimum Gasteiger partial charge on any atom is -0.481 e. The number of aromatic nitrogens is 1. The van der Waals surface area contributed by atoms with Crippen LogP contribution in [0.1, 0.15) is 24.5 Å². The highest BCUT2D eigenvalue weighted by atomic mass is 19.4. The Hall–Kier alpha value is -2.13. The average molecular weight is 329 g/mol. The summed E-state index contributed by atoms with van der Waals surface area (Å²) in [4.78, 5) is 14.8. The van der Waals surface area contributed by atoms with Crippen LogP contribution in [-0.2, 0) is 16.0 Å². The van der Waals surface area contributed by atoms with Crippen molar-refractivity contribution < 1.29 is 41.0 Å². The summed E-state index contributed by atoms with van der Waals surface area (Å²) in [7, 11) is 0.969. The van der Waals surface area contributed by atoms with Crippen LogP contribution in [0.25, 0.3) is 0 Å². The van der Waals surface area contributed by atoms with E-state index in [-0.39, 0.29) is 6.61 Å². The van der Waals surface area contributed by atoms with Crippen molar-refractivity contribution in [1.29, 1.82) is 0 Å². The summed E-state index contributed by atoms with van der Waals surface area (Å²) in [5.41, 5.74) is -1.66. The third-order valence-corrected chi connectivity index (χ3v) is 2.37. The summed E-state index contributed by atoms with van der Waals surface area (Å²) in [6.07, 6.45) is -8.47. The molecular weight excluding hydrogens is 317 g/mol. The Morgan fingerprint density at radius 2 is 2.00 bits per heavy atom. The molecule has 10 heteroatoms. The molecule has 22 heavy (non-hydrogen) atoms. The summed E-state index contributed by atoms with van der Waals surface area (Å²) in [6, 6.07) is 0. The highest BCUT2D eigenvalue weighted by molar-refractivity contribution is 5.74. The number of halogens is 5. The number of carbonyl (C=O) groups excluding carboxylic acids is 1. The standard InChI is InChI=1S/C12H12F5NO4/c1-3-21-7(19)4-6-5-18-11(20-2)8(10(13)14)9(6)22-12(15,16)17/h5,10H,3-4H2,1-2H3. The van der Waals surface area contributed by atoms with E-state index in [4.69, 9.17) is 0 Å². The van der Waals surface area contributed by atoms with Crippen LogP contribution in [0, 0.1) is 0 Å². The molecule has 0 aliphatic heterocycles. The normalized spacial score (nSPS) is 11.5. The molecule has 1 aromatic heterocycles. The Balaban J connectivity index is 3.36. The molecule has 1 aromatic rings. The zero-order valence-electron chi connectivity index (χ0n) is 11.5.